The third-order valence-corrected chi connectivity index (χ3v) is 5.03. The highest BCUT2D eigenvalue weighted by Crippen LogP contribution is 2.33. The Kier molecular flexibility index (Phi) is 4.13. The van der Waals surface area contributed by atoms with Gasteiger partial charge in [0.1, 0.15) is 5.82 Å². The van der Waals surface area contributed by atoms with Crippen molar-refractivity contribution >= 4 is 0 Å². The molecule has 1 aromatic carbocycles. The maximum atomic E-state index is 4.55. The fourth-order valence-electron chi connectivity index (χ4n) is 3.70. The summed E-state index contributed by atoms with van der Waals surface area (Å²) >= 11 is 0. The maximum absolute atomic E-state index is 4.55. The third-order valence-electron chi connectivity index (χ3n) is 5.03. The van der Waals surface area contributed by atoms with E-state index in [0.29, 0.717) is 0 Å². The van der Waals surface area contributed by atoms with E-state index < -0.39 is 0 Å². The maximum Gasteiger partial charge on any atom is 0.167 e. The molecular formula is C19H24N6. The lowest BCUT2D eigenvalue weighted by Gasteiger charge is -2.22. The van der Waals surface area contributed by atoms with Crippen molar-refractivity contribution in [2.45, 2.75) is 46.2 Å². The summed E-state index contributed by atoms with van der Waals surface area (Å²) in [6.45, 7) is 8.15. The number of H-pyrrole nitrogens is 2. The highest BCUT2D eigenvalue weighted by atomic mass is 15.3. The monoisotopic (exact) mass is 336 g/mol. The topological polar surface area (TPSA) is 73.5 Å². The molecule has 130 valence electrons. The number of benzene rings is 1. The van der Waals surface area contributed by atoms with Crippen LogP contribution in [0.4, 0.5) is 0 Å². The Morgan fingerprint density at radius 1 is 1.20 bits per heavy atom. The predicted octanol–water partition coefficient (Wildman–Crippen LogP) is 3.46. The van der Waals surface area contributed by atoms with Crippen LogP contribution >= 0.6 is 0 Å². The molecule has 25 heavy (non-hydrogen) atoms. The van der Waals surface area contributed by atoms with Gasteiger partial charge in [0.2, 0.25) is 0 Å². The molecule has 6 heteroatoms. The number of nitrogens with zero attached hydrogens (tertiary/aromatic N) is 4. The second kappa shape index (κ2) is 6.44. The van der Waals surface area contributed by atoms with Gasteiger partial charge in [-0.25, -0.2) is 4.98 Å². The summed E-state index contributed by atoms with van der Waals surface area (Å²) in [7, 11) is 0. The van der Waals surface area contributed by atoms with Crippen molar-refractivity contribution in [3.05, 3.63) is 52.7 Å². The van der Waals surface area contributed by atoms with Gasteiger partial charge in [0.05, 0.1) is 17.9 Å². The van der Waals surface area contributed by atoms with Crippen molar-refractivity contribution in [1.29, 1.82) is 0 Å². The van der Waals surface area contributed by atoms with E-state index in [4.69, 9.17) is 0 Å². The van der Waals surface area contributed by atoms with Crippen LogP contribution in [0.2, 0.25) is 0 Å². The standard InChI is InChI=1S/C19H24N6/c1-12-6-7-13(2)16(9-12)18-15(10-20-23-18)11-25-8-4-5-17(25)19-21-14(3)22-24-19/h6-7,9-10,17H,4-5,8,11H2,1-3H3,(H,20,23)(H,21,22,24)/t17-/m0/s1. The molecule has 0 unspecified atom stereocenters. The second-order valence-electron chi connectivity index (χ2n) is 7.00. The molecule has 0 radical (unpaired) electrons. The second-order valence-corrected chi connectivity index (χ2v) is 7.00. The lowest BCUT2D eigenvalue weighted by atomic mass is 10.00. The highest BCUT2D eigenvalue weighted by molar-refractivity contribution is 5.67. The molecule has 1 aliphatic heterocycles. The van der Waals surface area contributed by atoms with Crippen LogP contribution in [0.25, 0.3) is 11.3 Å². The normalized spacial score (nSPS) is 18.1. The molecule has 4 rings (SSSR count). The van der Waals surface area contributed by atoms with Crippen LogP contribution in [0, 0.1) is 20.8 Å². The van der Waals surface area contributed by atoms with Gasteiger partial charge in [-0.15, -0.1) is 0 Å². The van der Waals surface area contributed by atoms with Gasteiger partial charge in [-0.05, 0) is 51.8 Å². The lowest BCUT2D eigenvalue weighted by molar-refractivity contribution is 0.240. The Labute approximate surface area is 147 Å². The lowest BCUT2D eigenvalue weighted by Crippen LogP contribution is -2.23. The first-order valence-electron chi connectivity index (χ1n) is 8.84. The fraction of sp³-hybridized carbons (Fsp3) is 0.421. The number of hydrogen-bond donors (Lipinski definition) is 2. The molecule has 1 aliphatic rings. The Morgan fingerprint density at radius 3 is 2.88 bits per heavy atom. The summed E-state index contributed by atoms with van der Waals surface area (Å²) in [5.41, 5.74) is 6.11. The number of aromatic amines is 2. The van der Waals surface area contributed by atoms with E-state index in [1.807, 2.05) is 13.1 Å². The summed E-state index contributed by atoms with van der Waals surface area (Å²) in [5, 5.41) is 14.9. The molecule has 0 spiro atoms. The molecule has 3 heterocycles. The first-order chi connectivity index (χ1) is 12.1. The summed E-state index contributed by atoms with van der Waals surface area (Å²) in [5.74, 6) is 1.79. The summed E-state index contributed by atoms with van der Waals surface area (Å²) in [6.07, 6.45) is 4.23. The minimum atomic E-state index is 0.284. The van der Waals surface area contributed by atoms with E-state index in [9.17, 15) is 0 Å². The van der Waals surface area contributed by atoms with Crippen LogP contribution in [0.5, 0.6) is 0 Å². The van der Waals surface area contributed by atoms with Crippen molar-refractivity contribution in [2.75, 3.05) is 6.54 Å². The third kappa shape index (κ3) is 3.09. The van der Waals surface area contributed by atoms with Gasteiger partial charge in [0.15, 0.2) is 5.82 Å². The van der Waals surface area contributed by atoms with E-state index in [1.165, 1.54) is 28.7 Å². The Morgan fingerprint density at radius 2 is 2.08 bits per heavy atom. The zero-order chi connectivity index (χ0) is 17.4. The number of rotatable bonds is 4. The average Bonchev–Trinajstić information content (AvgIpc) is 3.31. The molecule has 0 bridgehead atoms. The number of nitrogens with one attached hydrogen (secondary N) is 2. The van der Waals surface area contributed by atoms with Crippen LogP contribution in [0.3, 0.4) is 0 Å². The van der Waals surface area contributed by atoms with E-state index in [1.54, 1.807) is 0 Å². The molecule has 0 saturated carbocycles. The van der Waals surface area contributed by atoms with Crippen molar-refractivity contribution in [1.82, 2.24) is 30.3 Å². The van der Waals surface area contributed by atoms with Crippen LogP contribution in [0.1, 0.15) is 47.2 Å². The van der Waals surface area contributed by atoms with Gasteiger partial charge < -0.3 is 0 Å². The molecule has 6 nitrogen and oxygen atoms in total. The van der Waals surface area contributed by atoms with Crippen LogP contribution in [-0.4, -0.2) is 36.8 Å². The van der Waals surface area contributed by atoms with Crippen molar-refractivity contribution in [2.24, 2.45) is 0 Å². The van der Waals surface area contributed by atoms with E-state index in [0.717, 1.165) is 36.9 Å². The zero-order valence-corrected chi connectivity index (χ0v) is 15.0. The number of likely N-dealkylation sites (tertiary alicyclic amines) is 1. The molecular weight excluding hydrogens is 312 g/mol. The van der Waals surface area contributed by atoms with Gasteiger partial charge in [-0.1, -0.05) is 17.7 Å². The highest BCUT2D eigenvalue weighted by Gasteiger charge is 2.30. The van der Waals surface area contributed by atoms with Gasteiger partial charge in [-0.2, -0.15) is 10.2 Å². The van der Waals surface area contributed by atoms with Crippen molar-refractivity contribution in [3.8, 4) is 11.3 Å². The van der Waals surface area contributed by atoms with E-state index in [2.05, 4.69) is 62.3 Å². The Balaban J connectivity index is 1.61. The SMILES string of the molecule is Cc1ccc(C)c(-c2[nH]ncc2CN2CCC[C@H]2c2n[nH]c(C)n2)c1. The molecule has 1 atom stereocenters. The number of aryl methyl sites for hydroxylation is 3. The quantitative estimate of drug-likeness (QED) is 0.765. The van der Waals surface area contributed by atoms with E-state index in [-0.39, 0.29) is 6.04 Å². The van der Waals surface area contributed by atoms with E-state index >= 15 is 0 Å². The summed E-state index contributed by atoms with van der Waals surface area (Å²) < 4.78 is 0. The molecule has 2 N–H and O–H groups in total. The molecule has 2 aromatic heterocycles. The first kappa shape index (κ1) is 16.0. The van der Waals surface area contributed by atoms with Crippen LogP contribution in [0.15, 0.2) is 24.4 Å². The fourth-order valence-corrected chi connectivity index (χ4v) is 3.70. The number of hydrogen-bond acceptors (Lipinski definition) is 4. The smallest absolute Gasteiger partial charge is 0.167 e. The van der Waals surface area contributed by atoms with Gasteiger partial charge >= 0.3 is 0 Å². The minimum Gasteiger partial charge on any atom is -0.289 e. The largest absolute Gasteiger partial charge is 0.289 e. The molecule has 1 saturated heterocycles. The zero-order valence-electron chi connectivity index (χ0n) is 15.0. The van der Waals surface area contributed by atoms with Crippen molar-refractivity contribution in [3.63, 3.8) is 0 Å². The Bertz CT molecular complexity index is 878. The predicted molar refractivity (Wildman–Crippen MR) is 97.0 cm³/mol. The molecule has 3 aromatic rings. The molecule has 0 aliphatic carbocycles. The molecule has 1 fully saturated rings. The molecule has 0 amide bonds. The van der Waals surface area contributed by atoms with Crippen LogP contribution in [-0.2, 0) is 6.54 Å². The van der Waals surface area contributed by atoms with Gasteiger partial charge in [-0.3, -0.25) is 15.1 Å². The van der Waals surface area contributed by atoms with Gasteiger partial charge in [0.25, 0.3) is 0 Å². The Hall–Kier alpha value is -2.47. The average molecular weight is 336 g/mol. The summed E-state index contributed by atoms with van der Waals surface area (Å²) in [4.78, 5) is 7.01. The van der Waals surface area contributed by atoms with Crippen molar-refractivity contribution < 1.29 is 0 Å². The number of aromatic nitrogens is 5. The summed E-state index contributed by atoms with van der Waals surface area (Å²) in [6, 6.07) is 6.83. The minimum absolute atomic E-state index is 0.284. The van der Waals surface area contributed by atoms with Crippen LogP contribution < -0.4 is 0 Å². The van der Waals surface area contributed by atoms with Gasteiger partial charge in [0, 0.05) is 17.7 Å². The first-order valence-corrected chi connectivity index (χ1v) is 8.84.